The van der Waals surface area contributed by atoms with Gasteiger partial charge < -0.3 is 4.74 Å². The molecule has 1 amide bonds. The second-order valence-electron chi connectivity index (χ2n) is 2.54. The maximum Gasteiger partial charge on any atom is 0.422 e. The number of ether oxygens (including phenoxy) is 1. The molecule has 1 heterocycles. The quantitative estimate of drug-likeness (QED) is 0.747. The predicted octanol–water partition coefficient (Wildman–Crippen LogP) is 0.233. The van der Waals surface area contributed by atoms with E-state index < -0.39 is 22.3 Å². The zero-order chi connectivity index (χ0) is 12.2. The first-order valence-corrected chi connectivity index (χ1v) is 5.42. The number of rotatable bonds is 3. The Morgan fingerprint density at radius 1 is 1.50 bits per heavy atom. The summed E-state index contributed by atoms with van der Waals surface area (Å²) >= 11 is 0. The molecule has 88 valence electrons. The summed E-state index contributed by atoms with van der Waals surface area (Å²) in [7, 11) is -3.16. The number of hydrogen-bond acceptors (Lipinski definition) is 5. The summed E-state index contributed by atoms with van der Waals surface area (Å²) in [6, 6.07) is 3.53. The minimum atomic E-state index is -4.17. The van der Waals surface area contributed by atoms with Crippen LogP contribution in [0.15, 0.2) is 18.2 Å². The largest absolute Gasteiger partial charge is 0.452 e. The Labute approximate surface area is 90.8 Å². The fourth-order valence-electron chi connectivity index (χ4n) is 0.780. The number of methoxy groups -OCH3 is 1. The monoisotopic (exact) mass is 249 g/mol. The van der Waals surface area contributed by atoms with Gasteiger partial charge in [0.2, 0.25) is 5.95 Å². The van der Waals surface area contributed by atoms with E-state index in [1.807, 2.05) is 4.72 Å². The predicted molar refractivity (Wildman–Crippen MR) is 52.3 cm³/mol. The molecule has 9 heteroatoms. The summed E-state index contributed by atoms with van der Waals surface area (Å²) in [5.74, 6) is -1.10. The minimum absolute atomic E-state index is 0.253. The lowest BCUT2D eigenvalue weighted by Gasteiger charge is -2.07. The topological polar surface area (TPSA) is 97.4 Å². The van der Waals surface area contributed by atoms with Gasteiger partial charge in [-0.3, -0.25) is 0 Å². The molecule has 0 radical (unpaired) electrons. The third-order valence-electron chi connectivity index (χ3n) is 1.36. The molecule has 16 heavy (non-hydrogen) atoms. The Kier molecular flexibility index (Phi) is 3.61. The number of pyridine rings is 1. The summed E-state index contributed by atoms with van der Waals surface area (Å²) in [6.07, 6.45) is -1.16. The van der Waals surface area contributed by atoms with Crippen molar-refractivity contribution >= 4 is 22.1 Å². The van der Waals surface area contributed by atoms with Gasteiger partial charge in [-0.2, -0.15) is 12.8 Å². The number of carbonyl (C=O) groups is 1. The molecular formula is C7H8FN3O4S. The van der Waals surface area contributed by atoms with E-state index in [0.29, 0.717) is 0 Å². The molecule has 0 aliphatic rings. The smallest absolute Gasteiger partial charge is 0.422 e. The molecule has 1 aromatic rings. The maximum atomic E-state index is 12.6. The third kappa shape index (κ3) is 3.69. The van der Waals surface area contributed by atoms with Crippen LogP contribution in [0.3, 0.4) is 0 Å². The molecule has 0 fully saturated rings. The highest BCUT2D eigenvalue weighted by atomic mass is 32.2. The SMILES string of the molecule is COC(=O)NS(=O)(=O)Nc1cccc(F)n1. The van der Waals surface area contributed by atoms with Crippen LogP contribution in [-0.2, 0) is 14.9 Å². The highest BCUT2D eigenvalue weighted by molar-refractivity contribution is 7.91. The maximum absolute atomic E-state index is 12.6. The summed E-state index contributed by atoms with van der Waals surface area (Å²) in [6.45, 7) is 0. The van der Waals surface area contributed by atoms with Crippen LogP contribution in [0.2, 0.25) is 0 Å². The van der Waals surface area contributed by atoms with Crippen LogP contribution in [0.5, 0.6) is 0 Å². The van der Waals surface area contributed by atoms with Gasteiger partial charge >= 0.3 is 16.3 Å². The molecule has 0 bridgehead atoms. The Balaban J connectivity index is 2.77. The van der Waals surface area contributed by atoms with Crippen molar-refractivity contribution in [3.8, 4) is 0 Å². The molecular weight excluding hydrogens is 241 g/mol. The van der Waals surface area contributed by atoms with Gasteiger partial charge in [0.25, 0.3) is 0 Å². The summed E-state index contributed by atoms with van der Waals surface area (Å²) in [4.78, 5) is 13.9. The second-order valence-corrected chi connectivity index (χ2v) is 3.96. The normalized spacial score (nSPS) is 10.6. The van der Waals surface area contributed by atoms with E-state index in [0.717, 1.165) is 13.2 Å². The van der Waals surface area contributed by atoms with E-state index in [9.17, 15) is 17.6 Å². The fraction of sp³-hybridized carbons (Fsp3) is 0.143. The number of halogens is 1. The Hall–Kier alpha value is -1.90. The molecule has 0 atom stereocenters. The number of carbonyl (C=O) groups excluding carboxylic acids is 1. The molecule has 0 spiro atoms. The van der Waals surface area contributed by atoms with E-state index in [1.165, 1.54) is 16.9 Å². The average Bonchev–Trinajstić information content (AvgIpc) is 2.15. The van der Waals surface area contributed by atoms with Crippen molar-refractivity contribution in [3.63, 3.8) is 0 Å². The van der Waals surface area contributed by atoms with Crippen LogP contribution >= 0.6 is 0 Å². The van der Waals surface area contributed by atoms with E-state index in [1.54, 1.807) is 0 Å². The Morgan fingerprint density at radius 3 is 2.75 bits per heavy atom. The van der Waals surface area contributed by atoms with Gasteiger partial charge in [-0.25, -0.2) is 19.2 Å². The van der Waals surface area contributed by atoms with Crippen LogP contribution in [0.4, 0.5) is 15.0 Å². The van der Waals surface area contributed by atoms with Crippen LogP contribution in [0, 0.1) is 5.95 Å². The Morgan fingerprint density at radius 2 is 2.19 bits per heavy atom. The van der Waals surface area contributed by atoms with Crippen LogP contribution in [0.1, 0.15) is 0 Å². The molecule has 7 nitrogen and oxygen atoms in total. The van der Waals surface area contributed by atoms with E-state index in [4.69, 9.17) is 0 Å². The summed E-state index contributed by atoms with van der Waals surface area (Å²) in [5, 5.41) is 0. The van der Waals surface area contributed by atoms with Gasteiger partial charge in [0.15, 0.2) is 0 Å². The van der Waals surface area contributed by atoms with Crippen molar-refractivity contribution in [2.24, 2.45) is 0 Å². The first-order chi connectivity index (χ1) is 7.43. The van der Waals surface area contributed by atoms with Crippen molar-refractivity contribution < 1.29 is 22.3 Å². The van der Waals surface area contributed by atoms with E-state index in [-0.39, 0.29) is 5.82 Å². The van der Waals surface area contributed by atoms with E-state index >= 15 is 0 Å². The molecule has 0 aliphatic carbocycles. The zero-order valence-corrected chi connectivity index (χ0v) is 8.91. The molecule has 0 saturated heterocycles. The second kappa shape index (κ2) is 4.75. The highest BCUT2D eigenvalue weighted by Crippen LogP contribution is 2.04. The lowest BCUT2D eigenvalue weighted by Crippen LogP contribution is -2.35. The number of nitrogens with one attached hydrogen (secondary N) is 2. The zero-order valence-electron chi connectivity index (χ0n) is 8.10. The van der Waals surface area contributed by atoms with Crippen molar-refractivity contribution in [1.29, 1.82) is 0 Å². The lowest BCUT2D eigenvalue weighted by molar-refractivity contribution is 0.177. The first kappa shape index (κ1) is 12.2. The molecule has 0 aliphatic heterocycles. The highest BCUT2D eigenvalue weighted by Gasteiger charge is 2.14. The molecule has 1 aromatic heterocycles. The Bertz CT molecular complexity index is 490. The number of aromatic nitrogens is 1. The van der Waals surface area contributed by atoms with Gasteiger partial charge in [-0.15, -0.1) is 0 Å². The number of nitrogens with zero attached hydrogens (tertiary/aromatic N) is 1. The van der Waals surface area contributed by atoms with Crippen molar-refractivity contribution in [2.45, 2.75) is 0 Å². The molecule has 2 N–H and O–H groups in total. The molecule has 0 aromatic carbocycles. The van der Waals surface area contributed by atoms with Gasteiger partial charge in [-0.1, -0.05) is 6.07 Å². The van der Waals surface area contributed by atoms with Crippen molar-refractivity contribution in [2.75, 3.05) is 11.8 Å². The number of anilines is 1. The van der Waals surface area contributed by atoms with Crippen LogP contribution < -0.4 is 9.44 Å². The summed E-state index contributed by atoms with van der Waals surface area (Å²) < 4.78 is 42.4. The lowest BCUT2D eigenvalue weighted by atomic mass is 10.5. The van der Waals surface area contributed by atoms with Gasteiger partial charge in [0.1, 0.15) is 5.82 Å². The van der Waals surface area contributed by atoms with Crippen molar-refractivity contribution in [1.82, 2.24) is 9.71 Å². The molecule has 0 saturated carbocycles. The number of hydrogen-bond donors (Lipinski definition) is 2. The van der Waals surface area contributed by atoms with Gasteiger partial charge in [0.05, 0.1) is 7.11 Å². The molecule has 1 rings (SSSR count). The van der Waals surface area contributed by atoms with E-state index in [2.05, 4.69) is 9.72 Å². The number of amides is 1. The standard InChI is InChI=1S/C7H8FN3O4S/c1-15-7(12)11-16(13,14)10-6-4-2-3-5(8)9-6/h2-4H,1H3,(H,9,10)(H,11,12). The van der Waals surface area contributed by atoms with Gasteiger partial charge in [0, 0.05) is 0 Å². The average molecular weight is 249 g/mol. The summed E-state index contributed by atoms with van der Waals surface area (Å²) in [5.41, 5.74) is 0. The van der Waals surface area contributed by atoms with Crippen LogP contribution in [0.25, 0.3) is 0 Å². The van der Waals surface area contributed by atoms with Gasteiger partial charge in [-0.05, 0) is 12.1 Å². The third-order valence-corrected chi connectivity index (χ3v) is 2.27. The molecule has 0 unspecified atom stereocenters. The van der Waals surface area contributed by atoms with Crippen LogP contribution in [-0.4, -0.2) is 26.6 Å². The van der Waals surface area contributed by atoms with Crippen molar-refractivity contribution in [3.05, 3.63) is 24.1 Å². The first-order valence-electron chi connectivity index (χ1n) is 3.94. The fourth-order valence-corrected chi connectivity index (χ4v) is 1.52. The minimum Gasteiger partial charge on any atom is -0.452 e.